The van der Waals surface area contributed by atoms with Crippen molar-refractivity contribution < 1.29 is 29.6 Å². The van der Waals surface area contributed by atoms with Crippen LogP contribution in [0, 0.1) is 0 Å². The molecule has 0 aliphatic heterocycles. The number of aliphatic hydroxyl groups is 1. The zero-order chi connectivity index (χ0) is 33.0. The summed E-state index contributed by atoms with van der Waals surface area (Å²) >= 11 is 0. The number of nitrogens with one attached hydrogen (secondary N) is 3. The first-order valence-electron chi connectivity index (χ1n) is 15.6. The molecule has 5 rings (SSSR count). The van der Waals surface area contributed by atoms with Gasteiger partial charge in [-0.15, -0.1) is 0 Å². The number of amides is 1. The largest absolute Gasteiger partial charge is 0.506 e. The van der Waals surface area contributed by atoms with E-state index in [4.69, 9.17) is 9.47 Å². The van der Waals surface area contributed by atoms with Gasteiger partial charge in [0.15, 0.2) is 0 Å². The molecule has 5 aromatic rings. The van der Waals surface area contributed by atoms with E-state index in [0.717, 1.165) is 48.2 Å². The molecule has 47 heavy (non-hydrogen) atoms. The Balaban J connectivity index is 1.03. The topological polar surface area (TPSA) is 153 Å². The van der Waals surface area contributed by atoms with Crippen molar-refractivity contribution in [2.24, 2.45) is 0 Å². The van der Waals surface area contributed by atoms with Crippen molar-refractivity contribution in [1.82, 2.24) is 15.6 Å². The molecule has 6 N–H and O–H groups in total. The SMILES string of the molecule is O=C(O)NC(c1ccccc1)c1cccc(OCc2cccc(OCCCCCNCC(O)c3ccc(O)c4[nH]c(=O)ccc34)c2)c1. The Labute approximate surface area is 272 Å². The standard InChI is InChI=1S/C37H39N3O7/c41-32-17-15-30(31-16-18-34(43)39-36(31)32)33(42)23-38-19-5-2-6-20-46-28-13-7-9-25(21-28)24-47-29-14-8-12-27(22-29)35(40-37(44)45)26-10-3-1-4-11-26/h1,3-4,7-18,21-22,33,35,38,40-42H,2,5-6,19-20,23-24H2,(H,39,43)(H,44,45). The molecule has 0 fully saturated rings. The van der Waals surface area contributed by atoms with Gasteiger partial charge in [-0.3, -0.25) is 4.79 Å². The van der Waals surface area contributed by atoms with E-state index >= 15 is 0 Å². The molecule has 0 bridgehead atoms. The third kappa shape index (κ3) is 9.35. The summed E-state index contributed by atoms with van der Waals surface area (Å²) in [6.45, 7) is 1.99. The molecule has 0 aliphatic carbocycles. The van der Waals surface area contributed by atoms with Crippen molar-refractivity contribution in [3.8, 4) is 17.2 Å². The van der Waals surface area contributed by atoms with Crippen LogP contribution in [0.2, 0.25) is 0 Å². The molecule has 10 nitrogen and oxygen atoms in total. The zero-order valence-corrected chi connectivity index (χ0v) is 25.9. The number of aliphatic hydroxyl groups excluding tert-OH is 1. The summed E-state index contributed by atoms with van der Waals surface area (Å²) in [4.78, 5) is 25.7. The number of rotatable bonds is 16. The Kier molecular flexibility index (Phi) is 11.5. The lowest BCUT2D eigenvalue weighted by molar-refractivity contribution is 0.176. The second-order valence-electron chi connectivity index (χ2n) is 11.2. The summed E-state index contributed by atoms with van der Waals surface area (Å²) in [6.07, 6.45) is 0.857. The molecule has 0 saturated heterocycles. The van der Waals surface area contributed by atoms with Crippen LogP contribution in [0.15, 0.2) is 108 Å². The summed E-state index contributed by atoms with van der Waals surface area (Å²) < 4.78 is 12.0. The first kappa shape index (κ1) is 33.1. The molecule has 1 heterocycles. The van der Waals surface area contributed by atoms with Gasteiger partial charge in [0.25, 0.3) is 0 Å². The lowest BCUT2D eigenvalue weighted by Gasteiger charge is -2.19. The van der Waals surface area contributed by atoms with Gasteiger partial charge in [-0.25, -0.2) is 4.79 Å². The fourth-order valence-electron chi connectivity index (χ4n) is 5.42. The minimum absolute atomic E-state index is 0.0312. The van der Waals surface area contributed by atoms with E-state index in [1.54, 1.807) is 12.1 Å². The minimum atomic E-state index is -1.10. The second-order valence-corrected chi connectivity index (χ2v) is 11.2. The third-order valence-electron chi connectivity index (χ3n) is 7.77. The van der Waals surface area contributed by atoms with Crippen molar-refractivity contribution in [2.75, 3.05) is 19.7 Å². The number of aromatic nitrogens is 1. The van der Waals surface area contributed by atoms with E-state index in [2.05, 4.69) is 15.6 Å². The maximum Gasteiger partial charge on any atom is 0.405 e. The van der Waals surface area contributed by atoms with Gasteiger partial charge < -0.3 is 40.4 Å². The number of unbranched alkanes of at least 4 members (excludes halogenated alkanes) is 2. The van der Waals surface area contributed by atoms with Crippen LogP contribution in [-0.2, 0) is 6.61 Å². The average Bonchev–Trinajstić information content (AvgIpc) is 3.08. The Bertz CT molecular complexity index is 1830. The second kappa shape index (κ2) is 16.3. The predicted molar refractivity (Wildman–Crippen MR) is 180 cm³/mol. The number of aromatic hydroxyl groups is 1. The lowest BCUT2D eigenvalue weighted by Crippen LogP contribution is -2.27. The third-order valence-corrected chi connectivity index (χ3v) is 7.77. The number of phenols is 1. The number of H-pyrrole nitrogens is 1. The molecular formula is C37H39N3O7. The van der Waals surface area contributed by atoms with Crippen LogP contribution in [0.3, 0.4) is 0 Å². The summed E-state index contributed by atoms with van der Waals surface area (Å²) in [5, 5.41) is 36.6. The number of hydrogen-bond acceptors (Lipinski definition) is 7. The van der Waals surface area contributed by atoms with Crippen molar-refractivity contribution in [3.63, 3.8) is 0 Å². The Morgan fingerprint density at radius 3 is 2.38 bits per heavy atom. The van der Waals surface area contributed by atoms with Crippen LogP contribution in [0.1, 0.15) is 53.7 Å². The molecule has 0 spiro atoms. The van der Waals surface area contributed by atoms with Crippen LogP contribution >= 0.6 is 0 Å². The van der Waals surface area contributed by atoms with E-state index in [1.807, 2.05) is 78.9 Å². The summed E-state index contributed by atoms with van der Waals surface area (Å²) in [6, 6.07) is 30.2. The van der Waals surface area contributed by atoms with E-state index < -0.39 is 18.2 Å². The molecule has 0 radical (unpaired) electrons. The van der Waals surface area contributed by atoms with Gasteiger partial charge in [-0.05, 0) is 84.5 Å². The van der Waals surface area contributed by atoms with E-state index in [9.17, 15) is 24.9 Å². The number of phenolic OH excluding ortho intramolecular Hbond substituents is 1. The van der Waals surface area contributed by atoms with E-state index in [-0.39, 0.29) is 11.3 Å². The smallest absolute Gasteiger partial charge is 0.405 e. The van der Waals surface area contributed by atoms with Crippen molar-refractivity contribution in [2.45, 2.75) is 38.0 Å². The molecule has 244 valence electrons. The zero-order valence-electron chi connectivity index (χ0n) is 25.9. The monoisotopic (exact) mass is 637 g/mol. The molecule has 0 saturated carbocycles. The fraction of sp³-hybridized carbons (Fsp3) is 0.243. The maximum absolute atomic E-state index is 11.6. The highest BCUT2D eigenvalue weighted by atomic mass is 16.5. The van der Waals surface area contributed by atoms with Crippen molar-refractivity contribution in [1.29, 1.82) is 0 Å². The van der Waals surface area contributed by atoms with Gasteiger partial charge in [0.05, 0.1) is 24.3 Å². The number of pyridine rings is 1. The van der Waals surface area contributed by atoms with Crippen molar-refractivity contribution >= 4 is 17.0 Å². The molecule has 1 amide bonds. The summed E-state index contributed by atoms with van der Waals surface area (Å²) in [5.41, 5.74) is 3.22. The molecule has 1 aromatic heterocycles. The summed E-state index contributed by atoms with van der Waals surface area (Å²) in [7, 11) is 0. The van der Waals surface area contributed by atoms with Gasteiger partial charge in [-0.2, -0.15) is 0 Å². The number of carboxylic acid groups (broad SMARTS) is 1. The molecule has 2 unspecified atom stereocenters. The Hall–Kier alpha value is -5.32. The number of carbonyl (C=O) groups is 1. The lowest BCUT2D eigenvalue weighted by atomic mass is 9.98. The maximum atomic E-state index is 11.6. The number of aromatic amines is 1. The number of hydrogen-bond donors (Lipinski definition) is 6. The molecule has 10 heteroatoms. The number of ether oxygens (including phenoxy) is 2. The molecule has 2 atom stereocenters. The van der Waals surface area contributed by atoms with Crippen molar-refractivity contribution in [3.05, 3.63) is 136 Å². The van der Waals surface area contributed by atoms with Gasteiger partial charge in [0.1, 0.15) is 23.9 Å². The Morgan fingerprint density at radius 1 is 0.809 bits per heavy atom. The van der Waals surface area contributed by atoms with Crippen LogP contribution in [0.4, 0.5) is 4.79 Å². The van der Waals surface area contributed by atoms with Crippen LogP contribution in [0.25, 0.3) is 10.9 Å². The highest BCUT2D eigenvalue weighted by Gasteiger charge is 2.17. The van der Waals surface area contributed by atoms with Gasteiger partial charge >= 0.3 is 6.09 Å². The van der Waals surface area contributed by atoms with E-state index in [1.165, 1.54) is 12.1 Å². The quantitative estimate of drug-likeness (QED) is 0.0716. The van der Waals surface area contributed by atoms with Crippen LogP contribution in [-0.4, -0.2) is 46.1 Å². The minimum Gasteiger partial charge on any atom is -0.506 e. The number of benzene rings is 4. The predicted octanol–water partition coefficient (Wildman–Crippen LogP) is 6.04. The molecule has 0 aliphatic rings. The Morgan fingerprint density at radius 2 is 1.57 bits per heavy atom. The highest BCUT2D eigenvalue weighted by molar-refractivity contribution is 5.87. The van der Waals surface area contributed by atoms with Gasteiger partial charge in [-0.1, -0.05) is 60.7 Å². The van der Waals surface area contributed by atoms with Crippen LogP contribution < -0.4 is 25.7 Å². The molecular weight excluding hydrogens is 598 g/mol. The highest BCUT2D eigenvalue weighted by Crippen LogP contribution is 2.29. The fourth-order valence-corrected chi connectivity index (χ4v) is 5.42. The van der Waals surface area contributed by atoms with Gasteiger partial charge in [0, 0.05) is 18.0 Å². The van der Waals surface area contributed by atoms with E-state index in [0.29, 0.717) is 42.0 Å². The first-order chi connectivity index (χ1) is 22.9. The molecule has 4 aromatic carbocycles. The van der Waals surface area contributed by atoms with Gasteiger partial charge in [0.2, 0.25) is 5.56 Å². The number of fused-ring (bicyclic) bond motifs is 1. The normalized spacial score (nSPS) is 12.4. The van der Waals surface area contributed by atoms with Crippen LogP contribution in [0.5, 0.6) is 17.2 Å². The average molecular weight is 638 g/mol. The first-order valence-corrected chi connectivity index (χ1v) is 15.6. The summed E-state index contributed by atoms with van der Waals surface area (Å²) in [5.74, 6) is 1.37.